The normalized spacial score (nSPS) is 15.8. The van der Waals surface area contributed by atoms with Crippen LogP contribution >= 0.6 is 24.0 Å². The summed E-state index contributed by atoms with van der Waals surface area (Å²) in [5, 5.41) is 6.66. The third-order valence-corrected chi connectivity index (χ3v) is 5.60. The minimum absolute atomic E-state index is 0. The first-order valence-electron chi connectivity index (χ1n) is 9.99. The van der Waals surface area contributed by atoms with Crippen LogP contribution in [0.5, 0.6) is 5.75 Å². The summed E-state index contributed by atoms with van der Waals surface area (Å²) >= 11 is 0. The van der Waals surface area contributed by atoms with Gasteiger partial charge in [-0.25, -0.2) is 4.39 Å². The fourth-order valence-electron chi connectivity index (χ4n) is 3.83. The molecule has 5 nitrogen and oxygen atoms in total. The zero-order chi connectivity index (χ0) is 20.7. The molecule has 0 atom stereocenters. The van der Waals surface area contributed by atoms with Crippen molar-refractivity contribution in [3.05, 3.63) is 65.0 Å². The molecule has 1 aliphatic heterocycles. The van der Waals surface area contributed by atoms with Crippen molar-refractivity contribution in [1.82, 2.24) is 10.6 Å². The van der Waals surface area contributed by atoms with Crippen molar-refractivity contribution in [3.8, 4) is 5.75 Å². The molecule has 0 amide bonds. The molecular formula is C23H31FIN3O2. The zero-order valence-electron chi connectivity index (χ0n) is 17.8. The minimum Gasteiger partial charge on any atom is -0.496 e. The van der Waals surface area contributed by atoms with E-state index in [2.05, 4.69) is 34.7 Å². The van der Waals surface area contributed by atoms with Crippen molar-refractivity contribution in [3.63, 3.8) is 0 Å². The summed E-state index contributed by atoms with van der Waals surface area (Å²) in [7, 11) is 3.43. The highest BCUT2D eigenvalue weighted by Gasteiger charge is 2.37. The number of methoxy groups -OCH3 is 1. The Bertz CT molecular complexity index is 854. The summed E-state index contributed by atoms with van der Waals surface area (Å²) in [6, 6.07) is 13.1. The maximum atomic E-state index is 13.9. The Morgan fingerprint density at radius 1 is 1.17 bits per heavy atom. The fourth-order valence-corrected chi connectivity index (χ4v) is 3.83. The minimum atomic E-state index is -0.221. The number of hydrogen-bond donors (Lipinski definition) is 2. The van der Waals surface area contributed by atoms with Crippen LogP contribution in [0.3, 0.4) is 0 Å². The average molecular weight is 527 g/mol. The number of rotatable bonds is 6. The molecule has 0 aliphatic carbocycles. The third-order valence-electron chi connectivity index (χ3n) is 5.60. The van der Waals surface area contributed by atoms with E-state index >= 15 is 0 Å². The van der Waals surface area contributed by atoms with Crippen LogP contribution in [0, 0.1) is 12.7 Å². The largest absolute Gasteiger partial charge is 0.496 e. The molecule has 2 N–H and O–H groups in total. The van der Waals surface area contributed by atoms with Crippen LogP contribution < -0.4 is 15.4 Å². The Morgan fingerprint density at radius 2 is 1.90 bits per heavy atom. The topological polar surface area (TPSA) is 54.9 Å². The van der Waals surface area contributed by atoms with Gasteiger partial charge in [0.05, 0.1) is 7.11 Å². The summed E-state index contributed by atoms with van der Waals surface area (Å²) in [4.78, 5) is 4.31. The molecule has 1 fully saturated rings. The van der Waals surface area contributed by atoms with Gasteiger partial charge in [-0.15, -0.1) is 24.0 Å². The van der Waals surface area contributed by atoms with Crippen LogP contribution in [0.4, 0.5) is 4.39 Å². The number of halogens is 2. The highest BCUT2D eigenvalue weighted by Crippen LogP contribution is 2.40. The van der Waals surface area contributed by atoms with Crippen LogP contribution in [-0.2, 0) is 16.7 Å². The predicted molar refractivity (Wildman–Crippen MR) is 129 cm³/mol. The first kappa shape index (κ1) is 24.4. The standard InChI is InChI=1S/C23H30FN3O2.HI/c1-17-8-9-21(28-3)19(14-17)23(10-12-29-13-11-23)16-27-22(25-2)26-15-18-6-4-5-7-20(18)24;/h4-9,14H,10-13,15-16H2,1-3H3,(H2,25,26,27);1H. The van der Waals surface area contributed by atoms with Crippen LogP contribution in [-0.4, -0.2) is 39.9 Å². The number of guanidine groups is 1. The van der Waals surface area contributed by atoms with Crippen LogP contribution in [0.15, 0.2) is 47.5 Å². The van der Waals surface area contributed by atoms with Gasteiger partial charge in [0.1, 0.15) is 11.6 Å². The van der Waals surface area contributed by atoms with Gasteiger partial charge in [-0.05, 0) is 31.9 Å². The molecule has 7 heteroatoms. The van der Waals surface area contributed by atoms with Gasteiger partial charge in [0, 0.05) is 49.9 Å². The summed E-state index contributed by atoms with van der Waals surface area (Å²) in [5.41, 5.74) is 2.89. The van der Waals surface area contributed by atoms with E-state index in [1.54, 1.807) is 26.3 Å². The first-order chi connectivity index (χ1) is 14.1. The van der Waals surface area contributed by atoms with E-state index < -0.39 is 0 Å². The predicted octanol–water partition coefficient (Wildman–Crippen LogP) is 4.17. The third kappa shape index (κ3) is 5.85. The van der Waals surface area contributed by atoms with Gasteiger partial charge in [-0.3, -0.25) is 4.99 Å². The van der Waals surface area contributed by atoms with E-state index in [1.165, 1.54) is 17.2 Å². The molecule has 3 rings (SSSR count). The van der Waals surface area contributed by atoms with Crippen LogP contribution in [0.2, 0.25) is 0 Å². The Morgan fingerprint density at radius 3 is 2.57 bits per heavy atom. The summed E-state index contributed by atoms with van der Waals surface area (Å²) < 4.78 is 25.2. The van der Waals surface area contributed by atoms with Crippen LogP contribution in [0.25, 0.3) is 0 Å². The summed E-state index contributed by atoms with van der Waals surface area (Å²) in [5.74, 6) is 1.32. The van der Waals surface area contributed by atoms with Crippen molar-refractivity contribution < 1.29 is 13.9 Å². The molecule has 0 bridgehead atoms. The molecule has 1 saturated heterocycles. The molecule has 1 heterocycles. The molecule has 2 aromatic rings. The number of aryl methyl sites for hydroxylation is 1. The van der Waals surface area contributed by atoms with Gasteiger partial charge in [0.25, 0.3) is 0 Å². The molecule has 0 saturated carbocycles. The number of nitrogens with one attached hydrogen (secondary N) is 2. The highest BCUT2D eigenvalue weighted by atomic mass is 127. The van der Waals surface area contributed by atoms with Crippen molar-refractivity contribution in [2.45, 2.75) is 31.7 Å². The van der Waals surface area contributed by atoms with E-state index in [0.717, 1.165) is 18.6 Å². The lowest BCUT2D eigenvalue weighted by molar-refractivity contribution is 0.0505. The van der Waals surface area contributed by atoms with Gasteiger partial charge in [-0.2, -0.15) is 0 Å². The van der Waals surface area contributed by atoms with Gasteiger partial charge in [-0.1, -0.05) is 35.9 Å². The van der Waals surface area contributed by atoms with E-state index in [-0.39, 0.29) is 35.2 Å². The second kappa shape index (κ2) is 11.5. The van der Waals surface area contributed by atoms with E-state index in [9.17, 15) is 4.39 Å². The lowest BCUT2D eigenvalue weighted by Crippen LogP contribution is -2.48. The smallest absolute Gasteiger partial charge is 0.191 e. The Labute approximate surface area is 195 Å². The van der Waals surface area contributed by atoms with Crippen molar-refractivity contribution in [1.29, 1.82) is 0 Å². The molecule has 0 unspecified atom stereocenters. The van der Waals surface area contributed by atoms with E-state index in [0.29, 0.717) is 37.8 Å². The van der Waals surface area contributed by atoms with Gasteiger partial charge in [0.15, 0.2) is 5.96 Å². The number of aliphatic imine (C=N–C) groups is 1. The number of ether oxygens (including phenoxy) is 2. The SMILES string of the molecule is CN=C(NCc1ccccc1F)NCC1(c2cc(C)ccc2OC)CCOCC1.I. The number of nitrogens with zero attached hydrogens (tertiary/aromatic N) is 1. The Balaban J connectivity index is 0.00000320. The molecule has 0 radical (unpaired) electrons. The number of hydrogen-bond acceptors (Lipinski definition) is 3. The molecule has 30 heavy (non-hydrogen) atoms. The van der Waals surface area contributed by atoms with Crippen LogP contribution in [0.1, 0.15) is 29.5 Å². The van der Waals surface area contributed by atoms with Gasteiger partial charge < -0.3 is 20.1 Å². The maximum Gasteiger partial charge on any atom is 0.191 e. The molecule has 2 aromatic carbocycles. The fraction of sp³-hybridized carbons (Fsp3) is 0.435. The monoisotopic (exact) mass is 527 g/mol. The average Bonchev–Trinajstić information content (AvgIpc) is 2.75. The second-order valence-electron chi connectivity index (χ2n) is 7.47. The Hall–Kier alpha value is -1.87. The number of benzene rings is 2. The lowest BCUT2D eigenvalue weighted by atomic mass is 9.73. The molecule has 0 aromatic heterocycles. The maximum absolute atomic E-state index is 13.9. The van der Waals surface area contributed by atoms with E-state index in [1.807, 2.05) is 12.1 Å². The summed E-state index contributed by atoms with van der Waals surface area (Å²) in [6.45, 7) is 4.57. The van der Waals surface area contributed by atoms with Crippen molar-refractivity contribution in [2.24, 2.45) is 4.99 Å². The first-order valence-corrected chi connectivity index (χ1v) is 9.99. The quantitative estimate of drug-likeness (QED) is 0.337. The van der Waals surface area contributed by atoms with Crippen molar-refractivity contribution in [2.75, 3.05) is 33.9 Å². The van der Waals surface area contributed by atoms with Gasteiger partial charge in [0.2, 0.25) is 0 Å². The molecule has 0 spiro atoms. The van der Waals surface area contributed by atoms with Crippen molar-refractivity contribution >= 4 is 29.9 Å². The molecule has 164 valence electrons. The molecular weight excluding hydrogens is 496 g/mol. The van der Waals surface area contributed by atoms with Gasteiger partial charge >= 0.3 is 0 Å². The zero-order valence-corrected chi connectivity index (χ0v) is 20.2. The lowest BCUT2D eigenvalue weighted by Gasteiger charge is -2.39. The second-order valence-corrected chi connectivity index (χ2v) is 7.47. The molecule has 1 aliphatic rings. The van der Waals surface area contributed by atoms with E-state index in [4.69, 9.17) is 9.47 Å². The highest BCUT2D eigenvalue weighted by molar-refractivity contribution is 14.0. The Kier molecular flexibility index (Phi) is 9.36. The summed E-state index contributed by atoms with van der Waals surface area (Å²) in [6.07, 6.45) is 1.79.